The van der Waals surface area contributed by atoms with Gasteiger partial charge in [-0.05, 0) is 29.4 Å². The molecule has 1 aliphatic rings. The molecule has 0 spiro atoms. The Hall–Kier alpha value is -1.34. The van der Waals surface area contributed by atoms with Crippen LogP contribution < -0.4 is 5.32 Å². The third-order valence-electron chi connectivity index (χ3n) is 2.81. The van der Waals surface area contributed by atoms with Crippen LogP contribution >= 0.6 is 15.9 Å². The molecule has 1 fully saturated rings. The minimum absolute atomic E-state index is 0.204. The summed E-state index contributed by atoms with van der Waals surface area (Å²) in [7, 11) is 1.82. The summed E-state index contributed by atoms with van der Waals surface area (Å²) >= 11 is 3.26. The molecule has 1 atom stereocenters. The van der Waals surface area contributed by atoms with Gasteiger partial charge in [-0.15, -0.1) is 0 Å². The van der Waals surface area contributed by atoms with E-state index in [9.17, 15) is 9.59 Å². The van der Waals surface area contributed by atoms with Crippen LogP contribution in [-0.2, 0) is 16.1 Å². The number of hydrogen-bond acceptors (Lipinski definition) is 5. The summed E-state index contributed by atoms with van der Waals surface area (Å²) in [6, 6.07) is -0.296. The Labute approximate surface area is 113 Å². The van der Waals surface area contributed by atoms with Crippen molar-refractivity contribution in [2.75, 3.05) is 7.05 Å². The number of carbonyl (C=O) groups excluding carboxylic acids is 2. The number of aromatic nitrogens is 2. The van der Waals surface area contributed by atoms with Crippen molar-refractivity contribution in [3.63, 3.8) is 0 Å². The van der Waals surface area contributed by atoms with E-state index in [2.05, 4.69) is 31.2 Å². The lowest BCUT2D eigenvalue weighted by Crippen LogP contribution is -2.51. The minimum Gasteiger partial charge on any atom is -0.295 e. The summed E-state index contributed by atoms with van der Waals surface area (Å²) in [4.78, 5) is 32.9. The maximum absolute atomic E-state index is 11.7. The largest absolute Gasteiger partial charge is 0.295 e. The SMILES string of the molecule is CN(Cc1ncc(Br)cn1)C1CCC(=O)NC1=O. The van der Waals surface area contributed by atoms with Gasteiger partial charge in [-0.2, -0.15) is 0 Å². The Morgan fingerprint density at radius 1 is 1.44 bits per heavy atom. The average molecular weight is 313 g/mol. The van der Waals surface area contributed by atoms with E-state index in [0.29, 0.717) is 25.2 Å². The lowest BCUT2D eigenvalue weighted by Gasteiger charge is -2.28. The summed E-state index contributed by atoms with van der Waals surface area (Å²) < 4.78 is 0.815. The van der Waals surface area contributed by atoms with Gasteiger partial charge in [0.2, 0.25) is 11.8 Å². The van der Waals surface area contributed by atoms with Crippen molar-refractivity contribution in [1.29, 1.82) is 0 Å². The highest BCUT2D eigenvalue weighted by Crippen LogP contribution is 2.13. The number of nitrogens with one attached hydrogen (secondary N) is 1. The Kier molecular flexibility index (Phi) is 4.03. The maximum Gasteiger partial charge on any atom is 0.243 e. The number of halogens is 1. The Morgan fingerprint density at radius 2 is 2.11 bits per heavy atom. The summed E-state index contributed by atoms with van der Waals surface area (Å²) in [5.41, 5.74) is 0. The molecule has 0 saturated carbocycles. The zero-order valence-electron chi connectivity index (χ0n) is 9.89. The summed E-state index contributed by atoms with van der Waals surface area (Å²) in [5, 5.41) is 2.34. The van der Waals surface area contributed by atoms with Gasteiger partial charge >= 0.3 is 0 Å². The molecule has 1 saturated heterocycles. The second kappa shape index (κ2) is 5.53. The van der Waals surface area contributed by atoms with Crippen LogP contribution in [0.15, 0.2) is 16.9 Å². The van der Waals surface area contributed by atoms with E-state index in [4.69, 9.17) is 0 Å². The third-order valence-corrected chi connectivity index (χ3v) is 3.22. The van der Waals surface area contributed by atoms with Gasteiger partial charge in [0.15, 0.2) is 0 Å². The second-order valence-corrected chi connectivity index (χ2v) is 5.12. The molecule has 2 rings (SSSR count). The summed E-state index contributed by atoms with van der Waals surface area (Å²) in [5.74, 6) is 0.195. The van der Waals surface area contributed by atoms with E-state index in [-0.39, 0.29) is 17.9 Å². The van der Waals surface area contributed by atoms with Gasteiger partial charge in [-0.1, -0.05) is 0 Å². The van der Waals surface area contributed by atoms with E-state index in [0.717, 1.165) is 4.47 Å². The van der Waals surface area contributed by atoms with Crippen molar-refractivity contribution in [2.45, 2.75) is 25.4 Å². The normalized spacial score (nSPS) is 20.1. The lowest BCUT2D eigenvalue weighted by molar-refractivity contribution is -0.137. The van der Waals surface area contributed by atoms with Crippen LogP contribution in [-0.4, -0.2) is 39.8 Å². The molecular weight excluding hydrogens is 300 g/mol. The molecule has 2 amide bonds. The quantitative estimate of drug-likeness (QED) is 0.821. The van der Waals surface area contributed by atoms with Crippen molar-refractivity contribution in [1.82, 2.24) is 20.2 Å². The fraction of sp³-hybridized carbons (Fsp3) is 0.455. The fourth-order valence-corrected chi connectivity index (χ4v) is 2.06. The van der Waals surface area contributed by atoms with Crippen LogP contribution in [0.4, 0.5) is 0 Å². The van der Waals surface area contributed by atoms with Crippen LogP contribution in [0, 0.1) is 0 Å². The zero-order valence-corrected chi connectivity index (χ0v) is 11.5. The molecule has 1 aromatic rings. The second-order valence-electron chi connectivity index (χ2n) is 4.20. The van der Waals surface area contributed by atoms with Gasteiger partial charge < -0.3 is 0 Å². The van der Waals surface area contributed by atoms with E-state index in [1.165, 1.54) is 0 Å². The highest BCUT2D eigenvalue weighted by molar-refractivity contribution is 9.10. The van der Waals surface area contributed by atoms with Crippen LogP contribution in [0.25, 0.3) is 0 Å². The van der Waals surface area contributed by atoms with Crippen molar-refractivity contribution in [3.8, 4) is 0 Å². The molecule has 2 heterocycles. The molecule has 6 nitrogen and oxygen atoms in total. The van der Waals surface area contributed by atoms with Crippen molar-refractivity contribution in [2.24, 2.45) is 0 Å². The molecule has 7 heteroatoms. The minimum atomic E-state index is -0.296. The van der Waals surface area contributed by atoms with Gasteiger partial charge in [-0.25, -0.2) is 9.97 Å². The molecule has 1 unspecified atom stereocenters. The lowest BCUT2D eigenvalue weighted by atomic mass is 10.1. The van der Waals surface area contributed by atoms with Crippen LogP contribution in [0.1, 0.15) is 18.7 Å². The van der Waals surface area contributed by atoms with Crippen LogP contribution in [0.2, 0.25) is 0 Å². The molecule has 1 aliphatic heterocycles. The number of likely N-dealkylation sites (N-methyl/N-ethyl adjacent to an activating group) is 1. The Bertz CT molecular complexity index is 463. The summed E-state index contributed by atoms with van der Waals surface area (Å²) in [6.07, 6.45) is 4.25. The highest BCUT2D eigenvalue weighted by Gasteiger charge is 2.29. The van der Waals surface area contributed by atoms with E-state index in [1.54, 1.807) is 12.4 Å². The molecular formula is C11H13BrN4O2. The standard InChI is InChI=1S/C11H13BrN4O2/c1-16(6-9-13-4-7(12)5-14-9)8-2-3-10(17)15-11(8)18/h4-5,8H,2-3,6H2,1H3,(H,15,17,18). The monoisotopic (exact) mass is 312 g/mol. The number of rotatable bonds is 3. The van der Waals surface area contributed by atoms with E-state index in [1.807, 2.05) is 11.9 Å². The van der Waals surface area contributed by atoms with E-state index < -0.39 is 0 Å². The zero-order chi connectivity index (χ0) is 13.1. The van der Waals surface area contributed by atoms with Gasteiger partial charge in [0.25, 0.3) is 0 Å². The molecule has 0 aliphatic carbocycles. The van der Waals surface area contributed by atoms with Crippen molar-refractivity contribution < 1.29 is 9.59 Å². The first-order valence-corrected chi connectivity index (χ1v) is 6.36. The molecule has 96 valence electrons. The fourth-order valence-electron chi connectivity index (χ4n) is 1.86. The summed E-state index contributed by atoms with van der Waals surface area (Å²) in [6.45, 7) is 0.472. The highest BCUT2D eigenvalue weighted by atomic mass is 79.9. The Balaban J connectivity index is 1.99. The van der Waals surface area contributed by atoms with Crippen LogP contribution in [0.3, 0.4) is 0 Å². The number of carbonyl (C=O) groups is 2. The van der Waals surface area contributed by atoms with Crippen molar-refractivity contribution in [3.05, 3.63) is 22.7 Å². The topological polar surface area (TPSA) is 75.2 Å². The Morgan fingerprint density at radius 3 is 2.72 bits per heavy atom. The first kappa shape index (κ1) is 13.1. The number of imide groups is 1. The molecule has 0 radical (unpaired) electrons. The maximum atomic E-state index is 11.7. The van der Waals surface area contributed by atoms with Gasteiger partial charge in [0, 0.05) is 18.8 Å². The smallest absolute Gasteiger partial charge is 0.243 e. The first-order chi connectivity index (χ1) is 8.56. The van der Waals surface area contributed by atoms with E-state index >= 15 is 0 Å². The van der Waals surface area contributed by atoms with Gasteiger partial charge in [0.1, 0.15) is 5.82 Å². The van der Waals surface area contributed by atoms with Gasteiger partial charge in [0.05, 0.1) is 17.1 Å². The van der Waals surface area contributed by atoms with Crippen LogP contribution in [0.5, 0.6) is 0 Å². The molecule has 0 aromatic carbocycles. The first-order valence-electron chi connectivity index (χ1n) is 5.56. The predicted octanol–water partition coefficient (Wildman–Crippen LogP) is 0.476. The molecule has 1 aromatic heterocycles. The van der Waals surface area contributed by atoms with Crippen molar-refractivity contribution >= 4 is 27.7 Å². The molecule has 18 heavy (non-hydrogen) atoms. The number of nitrogens with zero attached hydrogens (tertiary/aromatic N) is 3. The average Bonchev–Trinajstić information content (AvgIpc) is 2.32. The van der Waals surface area contributed by atoms with Gasteiger partial charge in [-0.3, -0.25) is 19.8 Å². The predicted molar refractivity (Wildman–Crippen MR) is 67.4 cm³/mol. The molecule has 1 N–H and O–H groups in total. The number of piperidine rings is 1. The number of hydrogen-bond donors (Lipinski definition) is 1. The molecule has 0 bridgehead atoms. The number of amides is 2. The third kappa shape index (κ3) is 3.11.